The molecular weight excluding hydrogens is 156 g/mol. The average Bonchev–Trinajstić information content (AvgIpc) is 1.76. The Labute approximate surface area is 85.4 Å². The zero-order valence-corrected chi connectivity index (χ0v) is 9.57. The summed E-state index contributed by atoms with van der Waals surface area (Å²) in [6, 6.07) is 0. The highest BCUT2D eigenvalue weighted by atomic mass is 14.1. The van der Waals surface area contributed by atoms with Gasteiger partial charge in [0.05, 0.1) is 0 Å². The van der Waals surface area contributed by atoms with Crippen molar-refractivity contribution in [1.82, 2.24) is 0 Å². The van der Waals surface area contributed by atoms with Crippen LogP contribution in [0.1, 0.15) is 61.8 Å². The van der Waals surface area contributed by atoms with E-state index in [9.17, 15) is 0 Å². The minimum Gasteiger partial charge on any atom is -0.0880 e. The molecule has 0 heteroatoms. The van der Waals surface area contributed by atoms with Crippen LogP contribution in [0.4, 0.5) is 0 Å². The third kappa shape index (κ3) is 14.6. The number of allylic oxidation sites excluding steroid dienone is 2. The molecule has 0 bridgehead atoms. The van der Waals surface area contributed by atoms with E-state index in [0.717, 1.165) is 0 Å². The van der Waals surface area contributed by atoms with Gasteiger partial charge < -0.3 is 0 Å². The fourth-order valence-electron chi connectivity index (χ4n) is 0.874. The molecule has 0 aromatic heterocycles. The van der Waals surface area contributed by atoms with Gasteiger partial charge in [0.25, 0.3) is 0 Å². The number of hydrogen-bond acceptors (Lipinski definition) is 0. The molecule has 0 radical (unpaired) electrons. The molecule has 80 valence electrons. The van der Waals surface area contributed by atoms with Crippen LogP contribution in [0.5, 0.6) is 0 Å². The fraction of sp³-hybridized carbons (Fsp3) is 0.846. The first kappa shape index (κ1) is 15.2. The molecule has 0 saturated carbocycles. The van der Waals surface area contributed by atoms with E-state index in [1.165, 1.54) is 12.8 Å². The third-order valence-electron chi connectivity index (χ3n) is 1.63. The minimum absolute atomic E-state index is 0. The minimum atomic E-state index is 0. The zero-order valence-electron chi connectivity index (χ0n) is 9.57. The van der Waals surface area contributed by atoms with E-state index in [2.05, 4.69) is 53.7 Å². The van der Waals surface area contributed by atoms with Crippen molar-refractivity contribution < 1.29 is 0 Å². The Balaban J connectivity index is 0. The molecule has 0 rings (SSSR count). The van der Waals surface area contributed by atoms with E-state index in [1.807, 2.05) is 0 Å². The van der Waals surface area contributed by atoms with Crippen molar-refractivity contribution in [1.29, 1.82) is 0 Å². The molecule has 0 fully saturated rings. The summed E-state index contributed by atoms with van der Waals surface area (Å²) in [7, 11) is 0. The number of hydrogen-bond donors (Lipinski definition) is 0. The quantitative estimate of drug-likeness (QED) is 0.527. The maximum Gasteiger partial charge on any atom is -0.0302 e. The van der Waals surface area contributed by atoms with Gasteiger partial charge in [0.2, 0.25) is 0 Å². The summed E-state index contributed by atoms with van der Waals surface area (Å²) in [5, 5.41) is 0. The Hall–Kier alpha value is -0.260. The Morgan fingerprint density at radius 1 is 0.692 bits per heavy atom. The van der Waals surface area contributed by atoms with Crippen LogP contribution >= 0.6 is 0 Å². The van der Waals surface area contributed by atoms with Crippen LogP contribution in [-0.4, -0.2) is 0 Å². The van der Waals surface area contributed by atoms with Crippen LogP contribution in [0.3, 0.4) is 0 Å². The van der Waals surface area contributed by atoms with E-state index in [4.69, 9.17) is 0 Å². The van der Waals surface area contributed by atoms with Crippen LogP contribution in [0.15, 0.2) is 12.2 Å². The van der Waals surface area contributed by atoms with Gasteiger partial charge in [-0.1, -0.05) is 61.1 Å². The molecular formula is C13H28. The molecule has 0 aliphatic heterocycles. The first-order chi connectivity index (χ1) is 5.21. The van der Waals surface area contributed by atoms with E-state index < -0.39 is 0 Å². The van der Waals surface area contributed by atoms with Gasteiger partial charge in [-0.3, -0.25) is 0 Å². The largest absolute Gasteiger partial charge is 0.0880 e. The molecule has 0 aliphatic carbocycles. The summed E-state index contributed by atoms with van der Waals surface area (Å²) in [5.74, 6) is 0. The first-order valence-electron chi connectivity index (χ1n) is 4.86. The topological polar surface area (TPSA) is 0 Å². The lowest BCUT2D eigenvalue weighted by molar-refractivity contribution is 0.408. The van der Waals surface area contributed by atoms with Gasteiger partial charge in [0, 0.05) is 0 Å². The predicted octanol–water partition coefficient (Wildman–Crippen LogP) is 5.05. The van der Waals surface area contributed by atoms with Crippen molar-refractivity contribution in [3.8, 4) is 0 Å². The Morgan fingerprint density at radius 3 is 1.08 bits per heavy atom. The lowest BCUT2D eigenvalue weighted by Crippen LogP contribution is -2.04. The molecule has 13 heavy (non-hydrogen) atoms. The van der Waals surface area contributed by atoms with Crippen LogP contribution < -0.4 is 0 Å². The van der Waals surface area contributed by atoms with Crippen LogP contribution in [0.25, 0.3) is 0 Å². The second-order valence-corrected chi connectivity index (χ2v) is 6.00. The van der Waals surface area contributed by atoms with Crippen molar-refractivity contribution in [2.24, 2.45) is 10.8 Å². The highest BCUT2D eigenvalue weighted by molar-refractivity contribution is 4.88. The maximum atomic E-state index is 2.31. The SMILES string of the molecule is C.CC(C)(C)C/C=C/CC(C)(C)C. The molecule has 0 N–H and O–H groups in total. The summed E-state index contributed by atoms with van der Waals surface area (Å²) in [4.78, 5) is 0. The van der Waals surface area contributed by atoms with Gasteiger partial charge in [0.15, 0.2) is 0 Å². The van der Waals surface area contributed by atoms with Crippen LogP contribution in [-0.2, 0) is 0 Å². The maximum absolute atomic E-state index is 2.31. The van der Waals surface area contributed by atoms with E-state index in [-0.39, 0.29) is 7.43 Å². The smallest absolute Gasteiger partial charge is 0.0302 e. The Bertz CT molecular complexity index is 120. The van der Waals surface area contributed by atoms with Crippen molar-refractivity contribution in [3.63, 3.8) is 0 Å². The summed E-state index contributed by atoms with van der Waals surface area (Å²) < 4.78 is 0. The van der Waals surface area contributed by atoms with Crippen LogP contribution in [0, 0.1) is 10.8 Å². The predicted molar refractivity (Wildman–Crippen MR) is 64.0 cm³/mol. The molecule has 0 amide bonds. The number of rotatable bonds is 2. The molecule has 0 nitrogen and oxygen atoms in total. The molecule has 0 aliphatic rings. The van der Waals surface area contributed by atoms with E-state index >= 15 is 0 Å². The third-order valence-corrected chi connectivity index (χ3v) is 1.63. The highest BCUT2D eigenvalue weighted by Gasteiger charge is 2.08. The van der Waals surface area contributed by atoms with E-state index in [1.54, 1.807) is 0 Å². The van der Waals surface area contributed by atoms with Crippen LogP contribution in [0.2, 0.25) is 0 Å². The fourth-order valence-corrected chi connectivity index (χ4v) is 0.874. The summed E-state index contributed by atoms with van der Waals surface area (Å²) in [5.41, 5.74) is 0.878. The van der Waals surface area contributed by atoms with Crippen molar-refractivity contribution in [2.75, 3.05) is 0 Å². The van der Waals surface area contributed by atoms with E-state index in [0.29, 0.717) is 10.8 Å². The second-order valence-electron chi connectivity index (χ2n) is 6.00. The van der Waals surface area contributed by atoms with Gasteiger partial charge >= 0.3 is 0 Å². The second kappa shape index (κ2) is 5.47. The van der Waals surface area contributed by atoms with Gasteiger partial charge in [-0.2, -0.15) is 0 Å². The highest BCUT2D eigenvalue weighted by Crippen LogP contribution is 2.22. The Morgan fingerprint density at radius 2 is 0.923 bits per heavy atom. The standard InChI is InChI=1S/C12H24.CH4/c1-11(2,3)9-7-8-10-12(4,5)6;/h7-8H,9-10H2,1-6H3;1H4/b8-7+;. The first-order valence-corrected chi connectivity index (χ1v) is 4.86. The zero-order chi connectivity index (χ0) is 9.83. The molecule has 0 heterocycles. The van der Waals surface area contributed by atoms with Crippen molar-refractivity contribution in [2.45, 2.75) is 61.8 Å². The van der Waals surface area contributed by atoms with Gasteiger partial charge in [-0.25, -0.2) is 0 Å². The van der Waals surface area contributed by atoms with Crippen molar-refractivity contribution >= 4 is 0 Å². The molecule has 0 atom stereocenters. The lowest BCUT2D eigenvalue weighted by atomic mass is 9.89. The van der Waals surface area contributed by atoms with Gasteiger partial charge in [0.1, 0.15) is 0 Å². The molecule has 0 unspecified atom stereocenters. The van der Waals surface area contributed by atoms with Crippen molar-refractivity contribution in [3.05, 3.63) is 12.2 Å². The lowest BCUT2D eigenvalue weighted by Gasteiger charge is -2.17. The Kier molecular flexibility index (Phi) is 6.40. The molecule has 0 aromatic rings. The summed E-state index contributed by atoms with van der Waals surface area (Å²) in [6.07, 6.45) is 6.99. The molecule has 0 aromatic carbocycles. The molecule has 0 spiro atoms. The average molecular weight is 184 g/mol. The normalized spacial score (nSPS) is 13.1. The van der Waals surface area contributed by atoms with Gasteiger partial charge in [-0.05, 0) is 23.7 Å². The monoisotopic (exact) mass is 184 g/mol. The summed E-state index contributed by atoms with van der Waals surface area (Å²) in [6.45, 7) is 13.6. The molecule has 0 saturated heterocycles. The summed E-state index contributed by atoms with van der Waals surface area (Å²) >= 11 is 0. The van der Waals surface area contributed by atoms with Gasteiger partial charge in [-0.15, -0.1) is 0 Å².